The Morgan fingerprint density at radius 1 is 1.00 bits per heavy atom. The molecule has 8 heteroatoms. The van der Waals surface area contributed by atoms with Gasteiger partial charge in [0.15, 0.2) is 0 Å². The van der Waals surface area contributed by atoms with Crippen molar-refractivity contribution in [3.8, 4) is 0 Å². The number of ether oxygens (including phenoxy) is 1. The second kappa shape index (κ2) is 8.42. The number of carbonyl (C=O) groups excluding carboxylic acids is 1. The average Bonchev–Trinajstić information content (AvgIpc) is 3.56. The first-order valence-corrected chi connectivity index (χ1v) is 13.5. The van der Waals surface area contributed by atoms with E-state index in [9.17, 15) is 13.2 Å². The Labute approximate surface area is 195 Å². The van der Waals surface area contributed by atoms with Crippen molar-refractivity contribution < 1.29 is 17.9 Å². The Hall–Kier alpha value is -2.42. The zero-order chi connectivity index (χ0) is 23.1. The molecule has 1 aliphatic carbocycles. The predicted octanol–water partition coefficient (Wildman–Crippen LogP) is 3.03. The molecule has 0 aromatic heterocycles. The normalized spacial score (nSPS) is 22.0. The quantitative estimate of drug-likeness (QED) is 0.704. The van der Waals surface area contributed by atoms with Crippen molar-refractivity contribution in [3.63, 3.8) is 0 Å². The summed E-state index contributed by atoms with van der Waals surface area (Å²) in [4.78, 5) is 17.5. The minimum Gasteiger partial charge on any atom is -0.357 e. The molecule has 0 radical (unpaired) electrons. The van der Waals surface area contributed by atoms with Gasteiger partial charge in [-0.1, -0.05) is 30.3 Å². The molecule has 0 unspecified atom stereocenters. The van der Waals surface area contributed by atoms with Gasteiger partial charge in [0, 0.05) is 31.0 Å². The van der Waals surface area contributed by atoms with Crippen LogP contribution in [0.4, 0.5) is 11.4 Å². The molecule has 2 aliphatic heterocycles. The third-order valence-corrected chi connectivity index (χ3v) is 7.59. The smallest absolute Gasteiger partial charge is 0.259 e. The van der Waals surface area contributed by atoms with Crippen molar-refractivity contribution in [2.45, 2.75) is 43.3 Å². The zero-order valence-electron chi connectivity index (χ0n) is 19.0. The number of morpholine rings is 1. The molecule has 2 spiro atoms. The van der Waals surface area contributed by atoms with Gasteiger partial charge in [-0.3, -0.25) is 9.52 Å². The van der Waals surface area contributed by atoms with E-state index in [1.807, 2.05) is 53.4 Å². The van der Waals surface area contributed by atoms with E-state index in [-0.39, 0.29) is 11.5 Å². The van der Waals surface area contributed by atoms with Crippen LogP contribution < -0.4 is 9.62 Å². The standard InChI is InChI=1S/C25H31N3O4S/c1-33(30,31)26-21-7-5-6-20(18-21)10-15-27-16-13-24(14-17-27)19-28(22-8-3-2-4-9-22)23(29)25(32-24)11-12-25/h2-9,18,26H,10-17,19H2,1H3. The number of amides is 1. The number of nitrogens with zero attached hydrogens (tertiary/aromatic N) is 2. The highest BCUT2D eigenvalue weighted by Gasteiger charge is 2.62. The fourth-order valence-corrected chi connectivity index (χ4v) is 5.63. The van der Waals surface area contributed by atoms with Crippen molar-refractivity contribution in [1.29, 1.82) is 0 Å². The van der Waals surface area contributed by atoms with Crippen LogP contribution in [0.1, 0.15) is 31.2 Å². The summed E-state index contributed by atoms with van der Waals surface area (Å²) in [6, 6.07) is 17.5. The Balaban J connectivity index is 1.21. The number of para-hydroxylation sites is 1. The van der Waals surface area contributed by atoms with Crippen LogP contribution in [0.5, 0.6) is 0 Å². The molecular formula is C25H31N3O4S. The second-order valence-corrected chi connectivity index (χ2v) is 11.4. The highest BCUT2D eigenvalue weighted by molar-refractivity contribution is 7.92. The Bertz CT molecular complexity index is 1120. The maximum atomic E-state index is 13.1. The number of carbonyl (C=O) groups is 1. The maximum absolute atomic E-state index is 13.1. The molecule has 2 aromatic carbocycles. The van der Waals surface area contributed by atoms with E-state index in [0.29, 0.717) is 12.2 Å². The molecule has 2 aromatic rings. The second-order valence-electron chi connectivity index (χ2n) is 9.67. The largest absolute Gasteiger partial charge is 0.357 e. The summed E-state index contributed by atoms with van der Waals surface area (Å²) in [5, 5.41) is 0. The molecular weight excluding hydrogens is 438 g/mol. The molecule has 1 N–H and O–H groups in total. The van der Waals surface area contributed by atoms with Gasteiger partial charge in [-0.05, 0) is 61.9 Å². The van der Waals surface area contributed by atoms with Crippen LogP contribution in [0, 0.1) is 0 Å². The average molecular weight is 470 g/mol. The van der Waals surface area contributed by atoms with E-state index in [2.05, 4.69) is 9.62 Å². The summed E-state index contributed by atoms with van der Waals surface area (Å²) in [5.41, 5.74) is 1.78. The first-order chi connectivity index (χ1) is 15.8. The lowest BCUT2D eigenvalue weighted by Gasteiger charge is -2.50. The van der Waals surface area contributed by atoms with E-state index in [0.717, 1.165) is 69.2 Å². The van der Waals surface area contributed by atoms with Crippen molar-refractivity contribution in [2.24, 2.45) is 0 Å². The SMILES string of the molecule is CS(=O)(=O)Nc1cccc(CCN2CCC3(CC2)CN(c2ccccc2)C(=O)C2(CC2)O3)c1. The minimum atomic E-state index is -3.28. The Morgan fingerprint density at radius 2 is 1.73 bits per heavy atom. The van der Waals surface area contributed by atoms with Crippen molar-refractivity contribution in [2.75, 3.05) is 42.1 Å². The highest BCUT2D eigenvalue weighted by atomic mass is 32.2. The van der Waals surface area contributed by atoms with Crippen LogP contribution in [0.2, 0.25) is 0 Å². The first kappa shape index (κ1) is 22.4. The number of sulfonamides is 1. The number of hydrogen-bond acceptors (Lipinski definition) is 5. The molecule has 0 bridgehead atoms. The Morgan fingerprint density at radius 3 is 2.39 bits per heavy atom. The molecule has 2 heterocycles. The lowest BCUT2D eigenvalue weighted by Crippen LogP contribution is -2.63. The van der Waals surface area contributed by atoms with Crippen molar-refractivity contribution >= 4 is 27.3 Å². The van der Waals surface area contributed by atoms with Crippen LogP contribution in [0.15, 0.2) is 54.6 Å². The third kappa shape index (κ3) is 4.93. The fraction of sp³-hybridized carbons (Fsp3) is 0.480. The van der Waals surface area contributed by atoms with Gasteiger partial charge in [0.05, 0.1) is 18.4 Å². The lowest BCUT2D eigenvalue weighted by molar-refractivity contribution is -0.172. The molecule has 3 fully saturated rings. The van der Waals surface area contributed by atoms with E-state index in [1.165, 1.54) is 0 Å². The van der Waals surface area contributed by atoms with E-state index >= 15 is 0 Å². The molecule has 1 amide bonds. The first-order valence-electron chi connectivity index (χ1n) is 11.6. The van der Waals surface area contributed by atoms with Gasteiger partial charge in [0.25, 0.3) is 5.91 Å². The van der Waals surface area contributed by atoms with Gasteiger partial charge >= 0.3 is 0 Å². The number of hydrogen-bond donors (Lipinski definition) is 1. The molecule has 176 valence electrons. The van der Waals surface area contributed by atoms with Crippen LogP contribution in [-0.2, 0) is 26.0 Å². The minimum absolute atomic E-state index is 0.115. The molecule has 5 rings (SSSR count). The number of piperidine rings is 1. The summed E-state index contributed by atoms with van der Waals surface area (Å²) >= 11 is 0. The van der Waals surface area contributed by atoms with Crippen molar-refractivity contribution in [3.05, 3.63) is 60.2 Å². The van der Waals surface area contributed by atoms with Crippen molar-refractivity contribution in [1.82, 2.24) is 4.90 Å². The molecule has 3 aliphatic rings. The summed E-state index contributed by atoms with van der Waals surface area (Å²) in [5.74, 6) is 0.115. The lowest BCUT2D eigenvalue weighted by atomic mass is 9.87. The monoisotopic (exact) mass is 469 g/mol. The third-order valence-electron chi connectivity index (χ3n) is 6.98. The van der Waals surface area contributed by atoms with E-state index < -0.39 is 15.6 Å². The number of anilines is 2. The highest BCUT2D eigenvalue weighted by Crippen LogP contribution is 2.50. The summed E-state index contributed by atoms with van der Waals surface area (Å²) < 4.78 is 32.1. The van der Waals surface area contributed by atoms with Gasteiger partial charge in [-0.2, -0.15) is 0 Å². The fourth-order valence-electron chi connectivity index (χ4n) is 5.08. The van der Waals surface area contributed by atoms with Crippen LogP contribution >= 0.6 is 0 Å². The zero-order valence-corrected chi connectivity index (χ0v) is 19.8. The van der Waals surface area contributed by atoms with Gasteiger partial charge in [0.2, 0.25) is 10.0 Å². The number of likely N-dealkylation sites (tertiary alicyclic amines) is 1. The summed E-state index contributed by atoms with van der Waals surface area (Å²) in [6.45, 7) is 3.37. The molecule has 2 saturated heterocycles. The maximum Gasteiger partial charge on any atom is 0.259 e. The number of rotatable bonds is 6. The van der Waals surface area contributed by atoms with E-state index in [1.54, 1.807) is 6.07 Å². The van der Waals surface area contributed by atoms with Crippen LogP contribution in [0.25, 0.3) is 0 Å². The van der Waals surface area contributed by atoms with Gasteiger partial charge in [-0.15, -0.1) is 0 Å². The molecule has 1 saturated carbocycles. The van der Waals surface area contributed by atoms with Gasteiger partial charge in [-0.25, -0.2) is 8.42 Å². The van der Waals surface area contributed by atoms with Crippen LogP contribution in [0.3, 0.4) is 0 Å². The number of benzene rings is 2. The Kier molecular flexibility index (Phi) is 5.71. The van der Waals surface area contributed by atoms with Gasteiger partial charge in [0.1, 0.15) is 5.60 Å². The molecule has 0 atom stereocenters. The molecule has 7 nitrogen and oxygen atoms in total. The topological polar surface area (TPSA) is 79.0 Å². The van der Waals surface area contributed by atoms with E-state index in [4.69, 9.17) is 4.74 Å². The van der Waals surface area contributed by atoms with Crippen LogP contribution in [-0.4, -0.2) is 62.9 Å². The van der Waals surface area contributed by atoms with Gasteiger partial charge < -0.3 is 14.5 Å². The molecule has 33 heavy (non-hydrogen) atoms. The predicted molar refractivity (Wildman–Crippen MR) is 129 cm³/mol. The number of nitrogens with one attached hydrogen (secondary N) is 1. The summed E-state index contributed by atoms with van der Waals surface area (Å²) in [7, 11) is -3.28. The summed E-state index contributed by atoms with van der Waals surface area (Å²) in [6.07, 6.45) is 5.46.